The van der Waals surface area contributed by atoms with Crippen LogP contribution in [-0.4, -0.2) is 22.5 Å². The first kappa shape index (κ1) is 27.7. The van der Waals surface area contributed by atoms with Crippen molar-refractivity contribution in [3.8, 4) is 11.1 Å². The van der Waals surface area contributed by atoms with Crippen molar-refractivity contribution in [2.45, 2.75) is 32.0 Å². The number of nitrogens with zero attached hydrogens (tertiary/aromatic N) is 2. The van der Waals surface area contributed by atoms with Crippen LogP contribution in [0.2, 0.25) is 0 Å². The second-order valence-corrected chi connectivity index (χ2v) is 7.52. The van der Waals surface area contributed by atoms with Gasteiger partial charge in [0.15, 0.2) is 0 Å². The molecule has 0 spiro atoms. The summed E-state index contributed by atoms with van der Waals surface area (Å²) in [4.78, 5) is 19.8. The Hall–Kier alpha value is -3.84. The van der Waals surface area contributed by atoms with Crippen LogP contribution in [0.3, 0.4) is 0 Å². The Morgan fingerprint density at radius 2 is 1.38 bits per heavy atom. The van der Waals surface area contributed by atoms with Gasteiger partial charge in [-0.05, 0) is 48.4 Å². The number of benzene rings is 2. The van der Waals surface area contributed by atoms with E-state index < -0.39 is 59.1 Å². The number of anilines is 1. The molecule has 3 rings (SSSR count). The van der Waals surface area contributed by atoms with Crippen molar-refractivity contribution < 1.29 is 49.0 Å². The van der Waals surface area contributed by atoms with Crippen molar-refractivity contribution in [1.29, 1.82) is 0 Å². The number of ether oxygens (including phenoxy) is 1. The fourth-order valence-corrected chi connectivity index (χ4v) is 3.17. The van der Waals surface area contributed by atoms with Crippen LogP contribution in [0.5, 0.6) is 0 Å². The number of esters is 1. The molecule has 0 aliphatic rings. The van der Waals surface area contributed by atoms with E-state index in [0.717, 1.165) is 30.5 Å². The summed E-state index contributed by atoms with van der Waals surface area (Å²) in [7, 11) is 0. The number of aromatic nitrogens is 2. The molecule has 1 N–H and O–H groups in total. The molecule has 0 saturated carbocycles. The molecule has 0 radical (unpaired) electrons. The number of alkyl halides is 9. The summed E-state index contributed by atoms with van der Waals surface area (Å²) in [5.41, 5.74) is -4.28. The Bertz CT molecular complexity index is 1240. The summed E-state index contributed by atoms with van der Waals surface area (Å²) in [6.45, 7) is 0.843. The normalized spacial score (nSPS) is 12.4. The molecule has 37 heavy (non-hydrogen) atoms. The van der Waals surface area contributed by atoms with E-state index in [1.165, 1.54) is 6.92 Å². The van der Waals surface area contributed by atoms with Crippen molar-refractivity contribution >= 4 is 11.8 Å². The first-order valence-electron chi connectivity index (χ1n) is 10.3. The van der Waals surface area contributed by atoms with Crippen LogP contribution in [0.1, 0.15) is 39.8 Å². The highest BCUT2D eigenvalue weighted by Crippen LogP contribution is 2.37. The first-order chi connectivity index (χ1) is 17.1. The van der Waals surface area contributed by atoms with Gasteiger partial charge in [0.1, 0.15) is 5.82 Å². The first-order valence-corrected chi connectivity index (χ1v) is 10.3. The van der Waals surface area contributed by atoms with Crippen LogP contribution in [0, 0.1) is 0 Å². The minimum atomic E-state index is -5.06. The number of rotatable bonds is 6. The highest BCUT2D eigenvalue weighted by molar-refractivity contribution is 5.87. The van der Waals surface area contributed by atoms with Crippen LogP contribution < -0.4 is 5.32 Å². The third kappa shape index (κ3) is 6.89. The maximum absolute atomic E-state index is 13.2. The van der Waals surface area contributed by atoms with Gasteiger partial charge in [-0.2, -0.15) is 39.5 Å². The lowest BCUT2D eigenvalue weighted by Gasteiger charge is -2.16. The molecule has 0 fully saturated rings. The summed E-state index contributed by atoms with van der Waals surface area (Å²) in [5, 5.41) is 2.55. The number of carbonyl (C=O) groups is 1. The fraction of sp³-hybridized carbons (Fsp3) is 0.261. The predicted octanol–water partition coefficient (Wildman–Crippen LogP) is 6.99. The van der Waals surface area contributed by atoms with Gasteiger partial charge in [0.05, 0.1) is 23.3 Å². The summed E-state index contributed by atoms with van der Waals surface area (Å²) in [6.07, 6.45) is -13.7. The van der Waals surface area contributed by atoms with Gasteiger partial charge in [0, 0.05) is 18.3 Å². The molecule has 0 saturated heterocycles. The minimum Gasteiger partial charge on any atom is -0.460 e. The summed E-state index contributed by atoms with van der Waals surface area (Å²) >= 11 is 0. The molecular formula is C23H16F9N3O2. The number of halogens is 9. The molecular weight excluding hydrogens is 521 g/mol. The summed E-state index contributed by atoms with van der Waals surface area (Å²) < 4.78 is 123. The molecule has 5 nitrogen and oxygen atoms in total. The van der Waals surface area contributed by atoms with Crippen molar-refractivity contribution in [2.24, 2.45) is 0 Å². The van der Waals surface area contributed by atoms with E-state index in [4.69, 9.17) is 4.74 Å². The lowest BCUT2D eigenvalue weighted by molar-refractivity contribution is -0.143. The second kappa shape index (κ2) is 10.3. The lowest BCUT2D eigenvalue weighted by atomic mass is 10.0. The van der Waals surface area contributed by atoms with Crippen molar-refractivity contribution in [3.63, 3.8) is 0 Å². The summed E-state index contributed by atoms with van der Waals surface area (Å²) in [6, 6.07) is 4.66. The second-order valence-electron chi connectivity index (χ2n) is 7.52. The third-order valence-corrected chi connectivity index (χ3v) is 4.88. The Balaban J connectivity index is 2.03. The number of hydrogen-bond acceptors (Lipinski definition) is 5. The molecule has 0 unspecified atom stereocenters. The van der Waals surface area contributed by atoms with Gasteiger partial charge in [-0.3, -0.25) is 0 Å². The highest BCUT2D eigenvalue weighted by atomic mass is 19.4. The molecule has 3 aromatic rings. The largest absolute Gasteiger partial charge is 0.460 e. The fourth-order valence-electron chi connectivity index (χ4n) is 3.17. The molecule has 1 heterocycles. The minimum absolute atomic E-state index is 0.0271. The highest BCUT2D eigenvalue weighted by Gasteiger charge is 2.37. The number of hydrogen-bond donors (Lipinski definition) is 1. The van der Waals surface area contributed by atoms with Gasteiger partial charge in [-0.25, -0.2) is 14.8 Å². The van der Waals surface area contributed by atoms with E-state index in [1.54, 1.807) is 0 Å². The van der Waals surface area contributed by atoms with Crippen molar-refractivity contribution in [2.75, 3.05) is 11.9 Å². The lowest BCUT2D eigenvalue weighted by Crippen LogP contribution is -2.14. The molecule has 0 atom stereocenters. The van der Waals surface area contributed by atoms with Crippen molar-refractivity contribution in [1.82, 2.24) is 9.97 Å². The Morgan fingerprint density at radius 1 is 0.838 bits per heavy atom. The number of carbonyl (C=O) groups excluding carboxylic acids is 1. The Labute approximate surface area is 203 Å². The SMILES string of the molecule is CCOC(=O)c1ncc(-c2ccc(C(F)(F)F)cc2)c(NCc2cc(C(F)(F)F)cc(C(F)(F)F)c2)n1. The maximum atomic E-state index is 13.2. The zero-order valence-corrected chi connectivity index (χ0v) is 18.6. The van der Waals surface area contributed by atoms with E-state index in [1.807, 2.05) is 0 Å². The molecule has 0 bridgehead atoms. The molecule has 0 amide bonds. The van der Waals surface area contributed by atoms with Crippen LogP contribution in [0.4, 0.5) is 45.3 Å². The monoisotopic (exact) mass is 537 g/mol. The zero-order valence-electron chi connectivity index (χ0n) is 18.6. The summed E-state index contributed by atoms with van der Waals surface area (Å²) in [5.74, 6) is -1.69. The Morgan fingerprint density at radius 3 is 1.86 bits per heavy atom. The van der Waals surface area contributed by atoms with Crippen LogP contribution in [-0.2, 0) is 29.8 Å². The van der Waals surface area contributed by atoms with E-state index >= 15 is 0 Å². The van der Waals surface area contributed by atoms with Gasteiger partial charge in [0.2, 0.25) is 5.82 Å². The van der Waals surface area contributed by atoms with E-state index in [2.05, 4.69) is 15.3 Å². The molecule has 198 valence electrons. The van der Waals surface area contributed by atoms with E-state index in [-0.39, 0.29) is 29.6 Å². The standard InChI is InChI=1S/C23H16F9N3O2/c1-2-37-20(36)19-34-11-17(13-3-5-14(6-4-13)21(24,25)26)18(35-19)33-10-12-7-15(22(27,28)29)9-16(8-12)23(30,31)32/h3-9,11H,2,10H2,1H3,(H,33,34,35). The molecule has 2 aromatic carbocycles. The quantitative estimate of drug-likeness (QED) is 0.271. The van der Waals surface area contributed by atoms with Gasteiger partial charge in [0.25, 0.3) is 0 Å². The molecule has 0 aliphatic carbocycles. The van der Waals surface area contributed by atoms with Gasteiger partial charge >= 0.3 is 24.5 Å². The molecule has 14 heteroatoms. The van der Waals surface area contributed by atoms with E-state index in [9.17, 15) is 44.3 Å². The van der Waals surface area contributed by atoms with Gasteiger partial charge in [-0.15, -0.1) is 0 Å². The zero-order chi connectivity index (χ0) is 27.6. The predicted molar refractivity (Wildman–Crippen MR) is 112 cm³/mol. The maximum Gasteiger partial charge on any atom is 0.416 e. The average molecular weight is 537 g/mol. The van der Waals surface area contributed by atoms with Gasteiger partial charge in [-0.1, -0.05) is 12.1 Å². The van der Waals surface area contributed by atoms with Crippen LogP contribution >= 0.6 is 0 Å². The topological polar surface area (TPSA) is 64.1 Å². The van der Waals surface area contributed by atoms with Gasteiger partial charge < -0.3 is 10.1 Å². The molecule has 1 aromatic heterocycles. The van der Waals surface area contributed by atoms with Crippen LogP contribution in [0.25, 0.3) is 11.1 Å². The third-order valence-electron chi connectivity index (χ3n) is 4.88. The average Bonchev–Trinajstić information content (AvgIpc) is 2.81. The molecule has 0 aliphatic heterocycles. The number of nitrogens with one attached hydrogen (secondary N) is 1. The smallest absolute Gasteiger partial charge is 0.416 e. The van der Waals surface area contributed by atoms with Crippen LogP contribution in [0.15, 0.2) is 48.7 Å². The van der Waals surface area contributed by atoms with Crippen molar-refractivity contribution in [3.05, 3.63) is 76.7 Å². The Kier molecular flexibility index (Phi) is 7.70. The van der Waals surface area contributed by atoms with E-state index in [0.29, 0.717) is 12.1 Å².